The van der Waals surface area contributed by atoms with Gasteiger partial charge in [0.15, 0.2) is 0 Å². The fourth-order valence-electron chi connectivity index (χ4n) is 7.19. The van der Waals surface area contributed by atoms with Gasteiger partial charge < -0.3 is 32.6 Å². The van der Waals surface area contributed by atoms with Crippen LogP contribution in [0.2, 0.25) is 0 Å². The van der Waals surface area contributed by atoms with Crippen LogP contribution in [-0.2, 0) is 56.1 Å². The summed E-state index contributed by atoms with van der Waals surface area (Å²) in [5.41, 5.74) is 1.35. The van der Waals surface area contributed by atoms with Gasteiger partial charge in [0.1, 0.15) is 34.7 Å². The van der Waals surface area contributed by atoms with Crippen LogP contribution in [0.25, 0.3) is 17.4 Å². The summed E-state index contributed by atoms with van der Waals surface area (Å²) in [7, 11) is -18.5. The molecule has 0 amide bonds. The van der Waals surface area contributed by atoms with Gasteiger partial charge in [-0.3, -0.25) is 4.79 Å². The molecule has 336 valence electrons. The van der Waals surface area contributed by atoms with E-state index in [-0.39, 0.29) is 147 Å². The maximum Gasteiger partial charge on any atom is 1.00 e. The van der Waals surface area contributed by atoms with Gasteiger partial charge in [0.05, 0.1) is 41.3 Å². The van der Waals surface area contributed by atoms with Gasteiger partial charge >= 0.3 is 94.6 Å². The predicted octanol–water partition coefficient (Wildman–Crippen LogP) is -5.34. The molecule has 2 heterocycles. The Hall–Kier alpha value is -1.22. The number of hydrogen-bond donors (Lipinski definition) is 1. The molecule has 0 bridgehead atoms. The molecule has 1 unspecified atom stereocenters. The minimum atomic E-state index is -4.88. The van der Waals surface area contributed by atoms with Gasteiger partial charge in [-0.25, -0.2) is 38.2 Å². The van der Waals surface area contributed by atoms with Gasteiger partial charge in [-0.1, -0.05) is 45.1 Å². The van der Waals surface area contributed by atoms with Gasteiger partial charge in [-0.2, -0.15) is 0 Å². The average molecular weight is 995 g/mol. The second-order valence-corrected chi connectivity index (χ2v) is 21.9. The third-order valence-corrected chi connectivity index (χ3v) is 13.3. The Bertz CT molecular complexity index is 2670. The normalized spacial score (nSPS) is 16.4. The Morgan fingerprint density at radius 2 is 1.36 bits per heavy atom. The first kappa shape index (κ1) is 60.8. The second-order valence-electron chi connectivity index (χ2n) is 16.0. The van der Waals surface area contributed by atoms with Gasteiger partial charge in [-0.15, -0.1) is 0 Å². The first-order valence-electron chi connectivity index (χ1n) is 19.2. The number of allylic oxidation sites excluding steroid dienone is 5. The van der Waals surface area contributed by atoms with Crippen molar-refractivity contribution >= 4 is 58.2 Å². The molecule has 1 aromatic rings. The molecule has 0 radical (unpaired) electrons. The van der Waals surface area contributed by atoms with Crippen molar-refractivity contribution in [3.8, 4) is 11.3 Å². The summed E-state index contributed by atoms with van der Waals surface area (Å²) in [5.74, 6) is -1.95. The summed E-state index contributed by atoms with van der Waals surface area (Å²) in [6.07, 6.45) is 8.70. The van der Waals surface area contributed by atoms with E-state index in [1.165, 1.54) is 12.1 Å². The quantitative estimate of drug-likeness (QED) is 0.0479. The fraction of sp³-hybridized carbons (Fsp3) is 0.450. The van der Waals surface area contributed by atoms with Crippen LogP contribution in [-0.4, -0.2) is 99.9 Å². The molecule has 0 saturated heterocycles. The summed E-state index contributed by atoms with van der Waals surface area (Å²) in [6.45, 7) is 7.80. The Morgan fingerprint density at radius 1 is 0.781 bits per heavy atom. The van der Waals surface area contributed by atoms with E-state index in [1.807, 2.05) is 32.9 Å². The molecule has 1 aliphatic carbocycles. The van der Waals surface area contributed by atoms with E-state index >= 15 is 0 Å². The number of carbonyl (C=O) groups is 1. The number of aliphatic carboxylic acids is 1. The Labute approximate surface area is 442 Å². The molecule has 24 heteroatoms. The zero-order valence-corrected chi connectivity index (χ0v) is 46.4. The zero-order valence-electron chi connectivity index (χ0n) is 37.1. The summed E-state index contributed by atoms with van der Waals surface area (Å²) in [4.78, 5) is 12.7. The molecule has 4 rings (SSSR count). The molecule has 64 heavy (non-hydrogen) atoms. The van der Waals surface area contributed by atoms with E-state index in [9.17, 15) is 61.8 Å². The number of nitrogens with zero attached hydrogens (tertiary/aromatic N) is 2. The number of fused-ring (bicyclic) bond motifs is 2. The first-order chi connectivity index (χ1) is 28.1. The fourth-order valence-corrected chi connectivity index (χ4v) is 9.14. The minimum absolute atomic E-state index is 0. The molecule has 1 N–H and O–H groups in total. The van der Waals surface area contributed by atoms with Crippen LogP contribution in [0.3, 0.4) is 0 Å². The Kier molecular flexibility index (Phi) is 23.6. The number of benzene rings is 2. The monoisotopic (exact) mass is 994 g/mol. The van der Waals surface area contributed by atoms with Crippen molar-refractivity contribution in [2.24, 2.45) is 0 Å². The standard InChI is InChI=1S/C40H52N2O15S4.3Na/c1-39(2,3)37-26-29(32-17-15-30(27-35(32)57-37)41(20-9-23-58(45,46)47)21-10-24-59(48,49)50)12-6-5-7-13-36-40(4,19-8-14-38(43)44)33-28-31(61(54,55)56)16-18-34(33)42(36)22-11-25-60(51,52)53;;;/h5-7,12-13,15-18,26-28H,8-11,14,19-25H2,1-4H3,(H4-,43,44,45,46,47,48,49,50,51,52,53,54,55,56);;;/q;3*+1/p-3. The van der Waals surface area contributed by atoms with E-state index in [2.05, 4.69) is 0 Å². The maximum absolute atomic E-state index is 12.0. The van der Waals surface area contributed by atoms with Crippen molar-refractivity contribution in [3.05, 3.63) is 94.7 Å². The Morgan fingerprint density at radius 3 is 1.89 bits per heavy atom. The molecule has 0 saturated carbocycles. The van der Waals surface area contributed by atoms with Gasteiger partial charge in [-0.05, 0) is 73.7 Å². The van der Waals surface area contributed by atoms with Crippen molar-refractivity contribution < 1.29 is 155 Å². The van der Waals surface area contributed by atoms with Crippen LogP contribution in [0, 0.1) is 0 Å². The first-order valence-corrected chi connectivity index (χ1v) is 25.3. The molecule has 0 spiro atoms. The summed E-state index contributed by atoms with van der Waals surface area (Å²) < 4.78 is 146. The van der Waals surface area contributed by atoms with Crippen molar-refractivity contribution in [1.82, 2.24) is 4.58 Å². The minimum Gasteiger partial charge on any atom is -0.748 e. The predicted molar refractivity (Wildman–Crippen MR) is 223 cm³/mol. The molecule has 0 aromatic heterocycles. The van der Waals surface area contributed by atoms with Crippen LogP contribution in [0.4, 0.5) is 5.69 Å². The molecular formula is C40H49N2Na3O15S4. The third kappa shape index (κ3) is 18.4. The summed E-state index contributed by atoms with van der Waals surface area (Å²) in [6, 6.07) is 10.9. The summed E-state index contributed by atoms with van der Waals surface area (Å²) >= 11 is 0. The molecule has 1 aromatic carbocycles. The van der Waals surface area contributed by atoms with Crippen LogP contribution in [0.15, 0.2) is 81.8 Å². The number of rotatable bonds is 20. The number of hydrogen-bond acceptors (Lipinski definition) is 15. The van der Waals surface area contributed by atoms with E-state index in [0.717, 1.165) is 11.6 Å². The van der Waals surface area contributed by atoms with Crippen molar-refractivity contribution in [1.29, 1.82) is 0 Å². The van der Waals surface area contributed by atoms with Crippen molar-refractivity contribution in [2.75, 3.05) is 41.8 Å². The van der Waals surface area contributed by atoms with Gasteiger partial charge in [0.25, 0.3) is 0 Å². The van der Waals surface area contributed by atoms with Crippen LogP contribution in [0.1, 0.15) is 83.1 Å². The molecular weight excluding hydrogens is 946 g/mol. The van der Waals surface area contributed by atoms with E-state index < -0.39 is 79.4 Å². The summed E-state index contributed by atoms with van der Waals surface area (Å²) in [5, 5.41) is 9.92. The molecule has 1 atom stereocenters. The van der Waals surface area contributed by atoms with Crippen LogP contribution in [0.5, 0.6) is 0 Å². The van der Waals surface area contributed by atoms with Crippen molar-refractivity contribution in [2.45, 2.75) is 81.9 Å². The molecule has 0 fully saturated rings. The molecule has 17 nitrogen and oxygen atoms in total. The Balaban J connectivity index is 0.00000683. The number of carboxylic acid groups (broad SMARTS) is 1. The molecule has 2 aliphatic heterocycles. The van der Waals surface area contributed by atoms with E-state index in [1.54, 1.807) is 58.9 Å². The van der Waals surface area contributed by atoms with Crippen LogP contribution >= 0.6 is 0 Å². The third-order valence-electron chi connectivity index (χ3n) is 10.1. The average Bonchev–Trinajstić information content (AvgIpc) is 3.34. The molecule has 3 aliphatic rings. The van der Waals surface area contributed by atoms with Crippen molar-refractivity contribution in [3.63, 3.8) is 0 Å². The zero-order chi connectivity index (χ0) is 45.6. The van der Waals surface area contributed by atoms with Gasteiger partial charge in [0, 0.05) is 76.9 Å². The number of carboxylic acids is 1. The van der Waals surface area contributed by atoms with Crippen LogP contribution < -0.4 is 104 Å². The van der Waals surface area contributed by atoms with E-state index in [4.69, 9.17) is 4.42 Å². The maximum atomic E-state index is 12.0. The SMILES string of the molecule is CC(C)(C)c1cc(C=CC=CC=C2N(CCCS(=O)(=O)[O-])c3ccc(S(=O)(=O)[O-])cc3C2(C)CCCC(=O)O)c2ccc(=[N+](CCCS(=O)(=O)[O-])CCCS(=O)(=O)[O-])cc-2o1.[Na+].[Na+].[Na+]. The van der Waals surface area contributed by atoms with Gasteiger partial charge in [0.2, 0.25) is 5.36 Å². The second kappa shape index (κ2) is 24.9. The van der Waals surface area contributed by atoms with E-state index in [0.29, 0.717) is 39.4 Å². The number of anilines is 1. The largest absolute Gasteiger partial charge is 1.00 e. The topological polar surface area (TPSA) is 285 Å². The smallest absolute Gasteiger partial charge is 0.748 e.